The number of aryl methyl sites for hydroxylation is 1. The van der Waals surface area contributed by atoms with Crippen molar-refractivity contribution < 1.29 is 14.7 Å². The fraction of sp³-hybridized carbons (Fsp3) is 0.500. The van der Waals surface area contributed by atoms with Crippen LogP contribution in [-0.2, 0) is 11.3 Å². The lowest BCUT2D eigenvalue weighted by molar-refractivity contribution is -0.134. The Morgan fingerprint density at radius 3 is 2.52 bits per heavy atom. The maximum absolute atomic E-state index is 12.7. The monoisotopic (exact) mass is 370 g/mol. The van der Waals surface area contributed by atoms with E-state index in [1.807, 2.05) is 30.0 Å². The number of likely N-dealkylation sites (tertiary alicyclic amines) is 1. The van der Waals surface area contributed by atoms with Gasteiger partial charge in [0, 0.05) is 25.0 Å². The van der Waals surface area contributed by atoms with E-state index >= 15 is 0 Å². The highest BCUT2D eigenvalue weighted by atomic mass is 16.3. The van der Waals surface area contributed by atoms with E-state index in [0.29, 0.717) is 30.0 Å². The van der Waals surface area contributed by atoms with Crippen LogP contribution in [0, 0.1) is 19.8 Å². The topological polar surface area (TPSA) is 88.3 Å². The highest BCUT2D eigenvalue weighted by Gasteiger charge is 2.29. The lowest BCUT2D eigenvalue weighted by atomic mass is 9.89. The summed E-state index contributed by atoms with van der Waals surface area (Å²) in [5, 5.41) is 14.9. The molecule has 3 heterocycles. The molecule has 2 aromatic rings. The van der Waals surface area contributed by atoms with Gasteiger partial charge in [0.15, 0.2) is 5.78 Å². The summed E-state index contributed by atoms with van der Waals surface area (Å²) in [6, 6.07) is 5.53. The summed E-state index contributed by atoms with van der Waals surface area (Å²) in [6.07, 6.45) is 2.55. The van der Waals surface area contributed by atoms with Gasteiger partial charge in [-0.3, -0.25) is 19.3 Å². The summed E-state index contributed by atoms with van der Waals surface area (Å²) in [7, 11) is 0. The summed E-state index contributed by atoms with van der Waals surface area (Å²) < 4.78 is 1.61. The molecule has 1 saturated heterocycles. The number of piperidine rings is 1. The van der Waals surface area contributed by atoms with Crippen LogP contribution < -0.4 is 0 Å². The number of amides is 1. The maximum Gasteiger partial charge on any atom is 0.244 e. The number of carbonyl (C=O) groups excluding carboxylic acids is 2. The lowest BCUT2D eigenvalue weighted by Crippen LogP contribution is -2.41. The Balaban J connectivity index is 1.59. The summed E-state index contributed by atoms with van der Waals surface area (Å²) in [4.78, 5) is 30.4. The van der Waals surface area contributed by atoms with Crippen molar-refractivity contribution in [1.29, 1.82) is 0 Å². The highest BCUT2D eigenvalue weighted by Crippen LogP contribution is 2.29. The standard InChI is InChI=1S/C20H26N4O3/c1-13-19(15(3)25)14(2)24(22-13)12-18(26)23-10-7-16(8-11-23)20(27)17-6-4-5-9-21-17/h4-6,9,16,20,27H,7-8,10-12H2,1-3H3/t20-/m1/s1. The van der Waals surface area contributed by atoms with Crippen molar-refractivity contribution in [2.24, 2.45) is 5.92 Å². The number of carbonyl (C=O) groups is 2. The van der Waals surface area contributed by atoms with Gasteiger partial charge in [-0.25, -0.2) is 0 Å². The van der Waals surface area contributed by atoms with E-state index in [0.717, 1.165) is 18.5 Å². The number of rotatable bonds is 5. The molecule has 144 valence electrons. The van der Waals surface area contributed by atoms with Gasteiger partial charge in [-0.05, 0) is 51.7 Å². The minimum Gasteiger partial charge on any atom is -0.387 e. The van der Waals surface area contributed by atoms with Gasteiger partial charge < -0.3 is 10.0 Å². The van der Waals surface area contributed by atoms with E-state index in [1.54, 1.807) is 17.8 Å². The zero-order valence-electron chi connectivity index (χ0n) is 16.1. The molecule has 7 heteroatoms. The summed E-state index contributed by atoms with van der Waals surface area (Å²) in [6.45, 7) is 6.46. The van der Waals surface area contributed by atoms with Crippen molar-refractivity contribution in [1.82, 2.24) is 19.7 Å². The molecule has 1 N–H and O–H groups in total. The third-order valence-corrected chi connectivity index (χ3v) is 5.35. The van der Waals surface area contributed by atoms with E-state index < -0.39 is 6.10 Å². The van der Waals surface area contributed by atoms with E-state index in [9.17, 15) is 14.7 Å². The number of aliphatic hydroxyl groups excluding tert-OH is 1. The second-order valence-corrected chi connectivity index (χ2v) is 7.18. The maximum atomic E-state index is 12.7. The predicted molar refractivity (Wildman–Crippen MR) is 100 cm³/mol. The molecule has 3 rings (SSSR count). The first kappa shape index (κ1) is 19.2. The molecule has 0 spiro atoms. The molecular weight excluding hydrogens is 344 g/mol. The van der Waals surface area contributed by atoms with Gasteiger partial charge in [0.25, 0.3) is 0 Å². The fourth-order valence-electron chi connectivity index (χ4n) is 3.85. The molecule has 1 aliphatic heterocycles. The molecule has 0 aromatic carbocycles. The van der Waals surface area contributed by atoms with Crippen molar-refractivity contribution in [3.05, 3.63) is 47.0 Å². The first-order valence-corrected chi connectivity index (χ1v) is 9.30. The van der Waals surface area contributed by atoms with Gasteiger partial charge >= 0.3 is 0 Å². The third kappa shape index (κ3) is 4.08. The molecule has 27 heavy (non-hydrogen) atoms. The number of hydrogen-bond acceptors (Lipinski definition) is 5. The van der Waals surface area contributed by atoms with Crippen LogP contribution in [-0.4, -0.2) is 49.6 Å². The Kier molecular flexibility index (Phi) is 5.70. The number of pyridine rings is 1. The van der Waals surface area contributed by atoms with Gasteiger partial charge in [0.2, 0.25) is 5.91 Å². The summed E-state index contributed by atoms with van der Waals surface area (Å²) in [5.41, 5.74) is 2.67. The second kappa shape index (κ2) is 8.00. The third-order valence-electron chi connectivity index (χ3n) is 5.35. The number of aliphatic hydroxyl groups is 1. The van der Waals surface area contributed by atoms with Crippen LogP contribution in [0.25, 0.3) is 0 Å². The molecule has 0 saturated carbocycles. The van der Waals surface area contributed by atoms with Gasteiger partial charge in [-0.15, -0.1) is 0 Å². The van der Waals surface area contributed by atoms with Crippen molar-refractivity contribution in [3.63, 3.8) is 0 Å². The first-order chi connectivity index (χ1) is 12.9. The van der Waals surface area contributed by atoms with Crippen LogP contribution in [0.4, 0.5) is 0 Å². The van der Waals surface area contributed by atoms with Crippen LogP contribution >= 0.6 is 0 Å². The molecule has 7 nitrogen and oxygen atoms in total. The van der Waals surface area contributed by atoms with Gasteiger partial charge in [-0.1, -0.05) is 6.07 Å². The van der Waals surface area contributed by atoms with E-state index in [-0.39, 0.29) is 24.2 Å². The normalized spacial score (nSPS) is 16.4. The first-order valence-electron chi connectivity index (χ1n) is 9.30. The van der Waals surface area contributed by atoms with Gasteiger partial charge in [0.05, 0.1) is 23.1 Å². The minimum absolute atomic E-state index is 0.0125. The van der Waals surface area contributed by atoms with Crippen LogP contribution in [0.1, 0.15) is 53.3 Å². The average molecular weight is 370 g/mol. The molecule has 0 bridgehead atoms. The molecule has 1 amide bonds. The molecule has 1 fully saturated rings. The quantitative estimate of drug-likeness (QED) is 0.814. The second-order valence-electron chi connectivity index (χ2n) is 7.18. The van der Waals surface area contributed by atoms with Crippen LogP contribution in [0.5, 0.6) is 0 Å². The van der Waals surface area contributed by atoms with E-state index in [4.69, 9.17) is 0 Å². The zero-order valence-corrected chi connectivity index (χ0v) is 16.1. The number of hydrogen-bond donors (Lipinski definition) is 1. The number of ketones is 1. The number of Topliss-reactive ketones (excluding diaryl/α,β-unsaturated/α-hetero) is 1. The van der Waals surface area contributed by atoms with Crippen LogP contribution in [0.2, 0.25) is 0 Å². The molecule has 1 atom stereocenters. The minimum atomic E-state index is -0.599. The largest absolute Gasteiger partial charge is 0.387 e. The van der Waals surface area contributed by atoms with Crippen molar-refractivity contribution in [3.8, 4) is 0 Å². The smallest absolute Gasteiger partial charge is 0.244 e. The molecule has 0 unspecified atom stereocenters. The Morgan fingerprint density at radius 2 is 1.96 bits per heavy atom. The summed E-state index contributed by atoms with van der Waals surface area (Å²) >= 11 is 0. The van der Waals surface area contributed by atoms with Crippen LogP contribution in [0.3, 0.4) is 0 Å². The SMILES string of the molecule is CC(=O)c1c(C)nn(CC(=O)N2CCC([C@@H](O)c3ccccn3)CC2)c1C. The fourth-order valence-corrected chi connectivity index (χ4v) is 3.85. The van der Waals surface area contributed by atoms with Crippen LogP contribution in [0.15, 0.2) is 24.4 Å². The van der Waals surface area contributed by atoms with Crippen molar-refractivity contribution in [2.45, 2.75) is 46.3 Å². The molecular formula is C20H26N4O3. The average Bonchev–Trinajstić information content (AvgIpc) is 2.95. The molecule has 0 aliphatic carbocycles. The Hall–Kier alpha value is -2.54. The molecule has 0 radical (unpaired) electrons. The highest BCUT2D eigenvalue weighted by molar-refractivity contribution is 5.96. The Labute approximate surface area is 159 Å². The van der Waals surface area contributed by atoms with E-state index in [1.165, 1.54) is 6.92 Å². The van der Waals surface area contributed by atoms with Gasteiger partial charge in [-0.2, -0.15) is 5.10 Å². The Bertz CT molecular complexity index is 823. The Morgan fingerprint density at radius 1 is 1.26 bits per heavy atom. The lowest BCUT2D eigenvalue weighted by Gasteiger charge is -2.34. The number of nitrogens with zero attached hydrogens (tertiary/aromatic N) is 4. The van der Waals surface area contributed by atoms with E-state index in [2.05, 4.69) is 10.1 Å². The van der Waals surface area contributed by atoms with Crippen molar-refractivity contribution >= 4 is 11.7 Å². The zero-order chi connectivity index (χ0) is 19.6. The predicted octanol–water partition coefficient (Wildman–Crippen LogP) is 2.07. The molecule has 2 aromatic heterocycles. The number of aromatic nitrogens is 3. The summed E-state index contributed by atoms with van der Waals surface area (Å²) in [5.74, 6) is 0.0523. The van der Waals surface area contributed by atoms with Crippen molar-refractivity contribution in [2.75, 3.05) is 13.1 Å². The van der Waals surface area contributed by atoms with Gasteiger partial charge in [0.1, 0.15) is 6.54 Å². The molecule has 1 aliphatic rings.